The van der Waals surface area contributed by atoms with Crippen molar-refractivity contribution in [3.63, 3.8) is 0 Å². The summed E-state index contributed by atoms with van der Waals surface area (Å²) >= 11 is 0. The predicted octanol–water partition coefficient (Wildman–Crippen LogP) is -8.99. The van der Waals surface area contributed by atoms with Crippen LogP contribution < -0.4 is 43.7 Å². The summed E-state index contributed by atoms with van der Waals surface area (Å²) in [5, 5.41) is 0. The molecule has 0 aliphatic rings. The van der Waals surface area contributed by atoms with E-state index in [4.69, 9.17) is 0 Å². The van der Waals surface area contributed by atoms with E-state index in [2.05, 4.69) is 0 Å². The maximum atomic E-state index is 0. The molecule has 0 aromatic carbocycles. The van der Waals surface area contributed by atoms with Crippen LogP contribution >= 0.6 is 0 Å². The first-order valence-electron chi connectivity index (χ1n) is 0. The van der Waals surface area contributed by atoms with Gasteiger partial charge in [-0.15, -0.1) is 0 Å². The number of hydrogen-bond acceptors (Lipinski definition) is 0. The average molecular weight is 113 g/mol. The van der Waals surface area contributed by atoms with Gasteiger partial charge in [0.1, 0.15) is 0 Å². The topological polar surface area (TPSA) is 0 Å². The molecule has 4 heavy (non-hydrogen) atoms. The van der Waals surface area contributed by atoms with E-state index in [1.54, 1.807) is 0 Å². The molecule has 22 valence electrons. The summed E-state index contributed by atoms with van der Waals surface area (Å²) in [5.74, 6) is 0. The molecular weight excluding hydrogens is 113 g/mol. The molecule has 0 fully saturated rings. The van der Waals surface area contributed by atoms with Gasteiger partial charge in [-0.2, -0.15) is 0 Å². The number of halogens is 3. The third kappa shape index (κ3) is 9.80. The molecule has 0 aromatic rings. The molecule has 0 saturated heterocycles. The van der Waals surface area contributed by atoms with Gasteiger partial charge < -0.3 is 24.8 Å². The van der Waals surface area contributed by atoms with Crippen molar-refractivity contribution in [3.05, 3.63) is 0 Å². The van der Waals surface area contributed by atoms with E-state index < -0.39 is 0 Å². The normalized spacial score (nSPS) is 0. The predicted molar refractivity (Wildman–Crippen MR) is 0 cm³/mol. The first kappa shape index (κ1) is 50.7. The van der Waals surface area contributed by atoms with Crippen LogP contribution in [0.4, 0.5) is 0 Å². The second kappa shape index (κ2) is 24.9. The van der Waals surface area contributed by atoms with Crippen LogP contribution in [0.15, 0.2) is 0 Å². The van der Waals surface area contributed by atoms with Crippen LogP contribution in [0.3, 0.4) is 0 Å². The zero-order valence-corrected chi connectivity index (χ0v) is 4.40. The van der Waals surface area contributed by atoms with Crippen molar-refractivity contribution < 1.29 is 56.1 Å². The van der Waals surface area contributed by atoms with E-state index >= 15 is 0 Å². The van der Waals surface area contributed by atoms with Crippen LogP contribution in [-0.2, 0) is 0 Å². The van der Waals surface area contributed by atoms with Crippen molar-refractivity contribution >= 4 is 0 Å². The summed E-state index contributed by atoms with van der Waals surface area (Å²) in [5.41, 5.74) is 0. The molecule has 0 unspecified atom stereocenters. The van der Waals surface area contributed by atoms with Gasteiger partial charge in [-0.3, -0.25) is 0 Å². The average Bonchev–Trinajstić information content (AvgIpc) is 0. The Balaban J connectivity index is 0. The SMILES string of the molecule is [Cl+].[Cl-].[Cl-].[Li+]. The fourth-order valence-corrected chi connectivity index (χ4v) is 0. The summed E-state index contributed by atoms with van der Waals surface area (Å²) in [7, 11) is 0. The standard InChI is InChI=1S/2ClH.Cl.Li/h2*1H;;/q;;2*+1/p-2. The van der Waals surface area contributed by atoms with Crippen molar-refractivity contribution in [2.45, 2.75) is 0 Å². The van der Waals surface area contributed by atoms with E-state index in [-0.39, 0.29) is 56.1 Å². The first-order valence-corrected chi connectivity index (χ1v) is 0. The van der Waals surface area contributed by atoms with Crippen molar-refractivity contribution in [2.24, 2.45) is 0 Å². The van der Waals surface area contributed by atoms with Crippen LogP contribution in [0.1, 0.15) is 0 Å². The first-order chi connectivity index (χ1) is 0. The maximum absolute atomic E-state index is 0. The van der Waals surface area contributed by atoms with Crippen molar-refractivity contribution in [3.8, 4) is 0 Å². The monoisotopic (exact) mass is 112 g/mol. The molecule has 0 heterocycles. The number of hydrogen-bond donors (Lipinski definition) is 0. The Hall–Kier alpha value is 1.47. The van der Waals surface area contributed by atoms with Gasteiger partial charge in [0.2, 0.25) is 0 Å². The minimum atomic E-state index is 0. The quantitative estimate of drug-likeness (QED) is 0.274. The zero-order chi connectivity index (χ0) is 0. The molecule has 2 radical (unpaired) electrons. The third-order valence-corrected chi connectivity index (χ3v) is 0. The summed E-state index contributed by atoms with van der Waals surface area (Å²) in [6.45, 7) is 0. The Morgan fingerprint density at radius 2 is 0.750 bits per heavy atom. The van der Waals surface area contributed by atoms with E-state index in [1.807, 2.05) is 0 Å². The van der Waals surface area contributed by atoms with Gasteiger partial charge in [-0.1, -0.05) is 0 Å². The van der Waals surface area contributed by atoms with E-state index in [1.165, 1.54) is 0 Å². The van der Waals surface area contributed by atoms with Gasteiger partial charge in [0, 0.05) is 0 Å². The molecule has 0 atom stereocenters. The van der Waals surface area contributed by atoms with Gasteiger partial charge in [0.05, 0.1) is 0 Å². The zero-order valence-electron chi connectivity index (χ0n) is 2.13. The minimum Gasteiger partial charge on any atom is -1.00 e. The largest absolute Gasteiger partial charge is 1.00 e. The second-order valence-electron chi connectivity index (χ2n) is 0. The summed E-state index contributed by atoms with van der Waals surface area (Å²) in [4.78, 5) is 0. The molecule has 0 spiro atoms. The van der Waals surface area contributed by atoms with Crippen molar-refractivity contribution in [1.29, 1.82) is 0 Å². The molecule has 0 bridgehead atoms. The van der Waals surface area contributed by atoms with Crippen molar-refractivity contribution in [1.82, 2.24) is 0 Å². The molecule has 0 rings (SSSR count). The Morgan fingerprint density at radius 3 is 0.750 bits per heavy atom. The molecule has 0 aliphatic heterocycles. The van der Waals surface area contributed by atoms with E-state index in [0.717, 1.165) is 0 Å². The molecular formula is Cl3Li. The van der Waals surface area contributed by atoms with Gasteiger partial charge >= 0.3 is 31.3 Å². The molecule has 0 nitrogen and oxygen atoms in total. The van der Waals surface area contributed by atoms with Gasteiger partial charge in [-0.05, 0) is 0 Å². The Labute approximate surface area is 56.1 Å². The molecule has 0 aliphatic carbocycles. The maximum Gasteiger partial charge on any atom is 1.00 e. The Kier molecular flexibility index (Phi) is 316. The Morgan fingerprint density at radius 1 is 0.750 bits per heavy atom. The van der Waals surface area contributed by atoms with Crippen LogP contribution in [0.25, 0.3) is 0 Å². The van der Waals surface area contributed by atoms with Crippen LogP contribution in [0.5, 0.6) is 0 Å². The summed E-state index contributed by atoms with van der Waals surface area (Å²) in [6, 6.07) is 0. The smallest absolute Gasteiger partial charge is 1.00 e. The molecule has 0 N–H and O–H groups in total. The molecule has 0 aromatic heterocycles. The number of rotatable bonds is 0. The molecule has 4 heteroatoms. The van der Waals surface area contributed by atoms with E-state index in [9.17, 15) is 0 Å². The van der Waals surface area contributed by atoms with Gasteiger partial charge in [0.15, 0.2) is 0 Å². The van der Waals surface area contributed by atoms with Gasteiger partial charge in [0.25, 0.3) is 0 Å². The van der Waals surface area contributed by atoms with Crippen molar-refractivity contribution in [2.75, 3.05) is 0 Å². The van der Waals surface area contributed by atoms with E-state index in [0.29, 0.717) is 0 Å². The van der Waals surface area contributed by atoms with Crippen LogP contribution in [0.2, 0.25) is 0 Å². The Bertz CT molecular complexity index is 3.25. The fraction of sp³-hybridized carbons (Fsp3) is 0. The third-order valence-electron chi connectivity index (χ3n) is 0. The van der Waals surface area contributed by atoms with Gasteiger partial charge in [-0.25, -0.2) is 0 Å². The summed E-state index contributed by atoms with van der Waals surface area (Å²) in [6.07, 6.45) is 0. The molecule has 0 saturated carbocycles. The van der Waals surface area contributed by atoms with Crippen LogP contribution in [0, 0.1) is 12.4 Å². The molecule has 0 amide bonds. The second-order valence-corrected chi connectivity index (χ2v) is 0. The summed E-state index contributed by atoms with van der Waals surface area (Å²) < 4.78 is 0. The van der Waals surface area contributed by atoms with Crippen LogP contribution in [-0.4, -0.2) is 0 Å². The minimum absolute atomic E-state index is 0. The fourth-order valence-electron chi connectivity index (χ4n) is 0.